The number of hydrogen-bond acceptors (Lipinski definition) is 6. The van der Waals surface area contributed by atoms with Crippen LogP contribution in [0, 0.1) is 10.1 Å². The molecule has 1 heterocycles. The Bertz CT molecular complexity index is 645. The van der Waals surface area contributed by atoms with Gasteiger partial charge in [-0.2, -0.15) is 0 Å². The van der Waals surface area contributed by atoms with Crippen molar-refractivity contribution in [2.24, 2.45) is 0 Å². The predicted octanol–water partition coefficient (Wildman–Crippen LogP) is 1.26. The summed E-state index contributed by atoms with van der Waals surface area (Å²) in [7, 11) is 0.560. The normalized spacial score (nSPS) is 20.6. The minimum atomic E-state index is -2.94. The van der Waals surface area contributed by atoms with Gasteiger partial charge in [-0.25, -0.2) is 8.42 Å². The summed E-state index contributed by atoms with van der Waals surface area (Å²) in [6, 6.07) is 4.89. The van der Waals surface area contributed by atoms with Crippen molar-refractivity contribution in [3.05, 3.63) is 33.9 Å². The third-order valence-corrected chi connectivity index (χ3v) is 5.58. The molecule has 8 heteroatoms. The Hall–Kier alpha value is -1.67. The van der Waals surface area contributed by atoms with Crippen molar-refractivity contribution in [2.75, 3.05) is 30.9 Å². The maximum atomic E-state index is 11.5. The molecule has 0 saturated carbocycles. The molecule has 1 aromatic rings. The van der Waals surface area contributed by atoms with Crippen LogP contribution in [-0.4, -0.2) is 49.9 Å². The summed E-state index contributed by atoms with van der Waals surface area (Å²) < 4.78 is 23.1. The zero-order valence-electron chi connectivity index (χ0n) is 12.1. The molecule has 1 aliphatic heterocycles. The first-order chi connectivity index (χ1) is 9.84. The molecule has 1 saturated heterocycles. The molecule has 1 aliphatic rings. The second-order valence-corrected chi connectivity index (χ2v) is 7.52. The quantitative estimate of drug-likeness (QED) is 0.650. The van der Waals surface area contributed by atoms with E-state index in [-0.39, 0.29) is 23.2 Å². The first kappa shape index (κ1) is 15.7. The molecule has 0 aliphatic carbocycles. The van der Waals surface area contributed by atoms with E-state index in [1.807, 2.05) is 18.0 Å². The number of nitro groups is 1. The average molecular weight is 313 g/mol. The minimum Gasteiger partial charge on any atom is -0.382 e. The van der Waals surface area contributed by atoms with E-state index in [0.29, 0.717) is 18.7 Å². The Morgan fingerprint density at radius 2 is 2.19 bits per heavy atom. The van der Waals surface area contributed by atoms with Crippen LogP contribution in [0.25, 0.3) is 0 Å². The van der Waals surface area contributed by atoms with Crippen molar-refractivity contribution >= 4 is 21.2 Å². The van der Waals surface area contributed by atoms with Crippen LogP contribution in [-0.2, 0) is 16.4 Å². The molecule has 1 fully saturated rings. The topological polar surface area (TPSA) is 92.6 Å². The van der Waals surface area contributed by atoms with E-state index >= 15 is 0 Å². The predicted molar refractivity (Wildman–Crippen MR) is 81.2 cm³/mol. The summed E-state index contributed by atoms with van der Waals surface area (Å²) in [5.74, 6) is 0.378. The zero-order valence-corrected chi connectivity index (χ0v) is 12.9. The lowest BCUT2D eigenvalue weighted by Gasteiger charge is -2.24. The Balaban J connectivity index is 2.20. The first-order valence-electron chi connectivity index (χ1n) is 6.69. The number of rotatable bonds is 5. The Labute approximate surface area is 124 Å². The van der Waals surface area contributed by atoms with Gasteiger partial charge in [-0.15, -0.1) is 0 Å². The maximum absolute atomic E-state index is 11.5. The van der Waals surface area contributed by atoms with Crippen molar-refractivity contribution in [1.29, 1.82) is 0 Å². The van der Waals surface area contributed by atoms with Crippen molar-refractivity contribution in [1.82, 2.24) is 4.90 Å². The molecule has 1 aromatic carbocycles. The zero-order chi connectivity index (χ0) is 15.6. The summed E-state index contributed by atoms with van der Waals surface area (Å²) in [6.07, 6.45) is 0.614. The van der Waals surface area contributed by atoms with Crippen LogP contribution < -0.4 is 5.32 Å². The van der Waals surface area contributed by atoms with Crippen molar-refractivity contribution in [3.63, 3.8) is 0 Å². The number of para-hydroxylation sites is 1. The third kappa shape index (κ3) is 3.51. The summed E-state index contributed by atoms with van der Waals surface area (Å²) in [6.45, 7) is 0.470. The lowest BCUT2D eigenvalue weighted by atomic mass is 10.1. The Morgan fingerprint density at radius 3 is 2.71 bits per heavy atom. The lowest BCUT2D eigenvalue weighted by Crippen LogP contribution is -2.32. The van der Waals surface area contributed by atoms with Gasteiger partial charge in [0.25, 0.3) is 5.69 Å². The van der Waals surface area contributed by atoms with E-state index in [2.05, 4.69) is 5.32 Å². The van der Waals surface area contributed by atoms with Gasteiger partial charge in [0.05, 0.1) is 16.4 Å². The van der Waals surface area contributed by atoms with E-state index in [1.165, 1.54) is 6.07 Å². The largest absolute Gasteiger partial charge is 0.382 e. The van der Waals surface area contributed by atoms with Crippen LogP contribution in [0.15, 0.2) is 18.2 Å². The lowest BCUT2D eigenvalue weighted by molar-refractivity contribution is -0.384. The van der Waals surface area contributed by atoms with E-state index in [9.17, 15) is 18.5 Å². The van der Waals surface area contributed by atoms with E-state index in [1.54, 1.807) is 13.1 Å². The molecule has 0 radical (unpaired) electrons. The second kappa shape index (κ2) is 5.98. The van der Waals surface area contributed by atoms with Crippen LogP contribution in [0.2, 0.25) is 0 Å². The highest BCUT2D eigenvalue weighted by Gasteiger charge is 2.31. The number of sulfone groups is 1. The molecule has 21 heavy (non-hydrogen) atoms. The third-order valence-electron chi connectivity index (χ3n) is 3.83. The number of hydrogen-bond donors (Lipinski definition) is 1. The highest BCUT2D eigenvalue weighted by Crippen LogP contribution is 2.29. The SMILES string of the molecule is CNc1c(CN(C)C2CCS(=O)(=O)C2)cccc1[N+](=O)[O-]. The van der Waals surface area contributed by atoms with Crippen LogP contribution >= 0.6 is 0 Å². The number of nitrogens with zero attached hydrogens (tertiary/aromatic N) is 2. The molecule has 1 unspecified atom stereocenters. The molecule has 1 N–H and O–H groups in total. The molecule has 7 nitrogen and oxygen atoms in total. The van der Waals surface area contributed by atoms with Gasteiger partial charge in [0.2, 0.25) is 0 Å². The molecule has 0 aromatic heterocycles. The number of nitro benzene ring substituents is 1. The van der Waals surface area contributed by atoms with E-state index < -0.39 is 14.8 Å². The average Bonchev–Trinajstić information content (AvgIpc) is 2.78. The Morgan fingerprint density at radius 1 is 1.48 bits per heavy atom. The molecule has 2 rings (SSSR count). The van der Waals surface area contributed by atoms with Crippen LogP contribution in [0.4, 0.5) is 11.4 Å². The van der Waals surface area contributed by atoms with Crippen molar-refractivity contribution < 1.29 is 13.3 Å². The highest BCUT2D eigenvalue weighted by molar-refractivity contribution is 7.91. The molecule has 0 amide bonds. The fraction of sp³-hybridized carbons (Fsp3) is 0.538. The van der Waals surface area contributed by atoms with Crippen LogP contribution in [0.5, 0.6) is 0 Å². The van der Waals surface area contributed by atoms with Crippen molar-refractivity contribution in [2.45, 2.75) is 19.0 Å². The van der Waals surface area contributed by atoms with Gasteiger partial charge >= 0.3 is 0 Å². The highest BCUT2D eigenvalue weighted by atomic mass is 32.2. The maximum Gasteiger partial charge on any atom is 0.292 e. The fourth-order valence-corrected chi connectivity index (χ4v) is 4.49. The van der Waals surface area contributed by atoms with E-state index in [4.69, 9.17) is 0 Å². The van der Waals surface area contributed by atoms with Gasteiger partial charge in [-0.1, -0.05) is 12.1 Å². The molecule has 0 spiro atoms. The van der Waals surface area contributed by atoms with Gasteiger partial charge in [-0.05, 0) is 19.0 Å². The van der Waals surface area contributed by atoms with Gasteiger partial charge in [-0.3, -0.25) is 15.0 Å². The fourth-order valence-electron chi connectivity index (χ4n) is 2.68. The molecule has 116 valence electrons. The number of nitrogens with one attached hydrogen (secondary N) is 1. The molecule has 0 bridgehead atoms. The minimum absolute atomic E-state index is 0.0287. The smallest absolute Gasteiger partial charge is 0.292 e. The van der Waals surface area contributed by atoms with Crippen LogP contribution in [0.1, 0.15) is 12.0 Å². The number of anilines is 1. The summed E-state index contributed by atoms with van der Waals surface area (Å²) in [5.41, 5.74) is 1.30. The monoisotopic (exact) mass is 313 g/mol. The molecular formula is C13H19N3O4S. The van der Waals surface area contributed by atoms with Gasteiger partial charge < -0.3 is 5.32 Å². The summed E-state index contributed by atoms with van der Waals surface area (Å²) >= 11 is 0. The standard InChI is InChI=1S/C13H19N3O4S/c1-14-13-10(4-3-5-12(13)16(17)18)8-15(2)11-6-7-21(19,20)9-11/h3-5,11,14H,6-9H2,1-2H3. The van der Waals surface area contributed by atoms with Gasteiger partial charge in [0.15, 0.2) is 9.84 Å². The molecule has 1 atom stereocenters. The van der Waals surface area contributed by atoms with E-state index in [0.717, 1.165) is 5.56 Å². The summed E-state index contributed by atoms with van der Waals surface area (Å²) in [5, 5.41) is 13.9. The number of benzene rings is 1. The van der Waals surface area contributed by atoms with Crippen LogP contribution in [0.3, 0.4) is 0 Å². The van der Waals surface area contributed by atoms with Gasteiger partial charge in [0, 0.05) is 25.7 Å². The summed E-state index contributed by atoms with van der Waals surface area (Å²) in [4.78, 5) is 12.6. The second-order valence-electron chi connectivity index (χ2n) is 5.29. The first-order valence-corrected chi connectivity index (χ1v) is 8.51. The van der Waals surface area contributed by atoms with Crippen molar-refractivity contribution in [3.8, 4) is 0 Å². The van der Waals surface area contributed by atoms with Gasteiger partial charge in [0.1, 0.15) is 5.69 Å². The Kier molecular flexibility index (Phi) is 4.48. The molecular weight excluding hydrogens is 294 g/mol.